The van der Waals surface area contributed by atoms with Crippen LogP contribution in [0.3, 0.4) is 0 Å². The second-order valence-electron chi connectivity index (χ2n) is 15.3. The van der Waals surface area contributed by atoms with Gasteiger partial charge in [-0.05, 0) is 96.3 Å². The zero-order valence-electron chi connectivity index (χ0n) is 39.2. The van der Waals surface area contributed by atoms with Crippen molar-refractivity contribution in [2.75, 3.05) is 26.4 Å². The first-order valence-electron chi connectivity index (χ1n) is 23.4. The van der Waals surface area contributed by atoms with Crippen molar-refractivity contribution in [2.24, 2.45) is 0 Å². The van der Waals surface area contributed by atoms with Gasteiger partial charge in [0, 0.05) is 12.8 Å². The van der Waals surface area contributed by atoms with Crippen molar-refractivity contribution >= 4 is 27.6 Å². The van der Waals surface area contributed by atoms with Gasteiger partial charge in [-0.3, -0.25) is 23.2 Å². The molecule has 1 heterocycles. The fraction of sp³-hybridized carbons (Fsp3) is 0.560. The number of phosphoric ester groups is 2. The predicted molar refractivity (Wildman–Crippen MR) is 261 cm³/mol. The van der Waals surface area contributed by atoms with Gasteiger partial charge in [-0.25, -0.2) is 9.13 Å². The minimum absolute atomic E-state index is 0.0126. The van der Waals surface area contributed by atoms with Crippen LogP contribution in [0.4, 0.5) is 0 Å². The fourth-order valence-corrected chi connectivity index (χ4v) is 6.83. The van der Waals surface area contributed by atoms with E-state index in [0.717, 1.165) is 83.5 Å². The normalized spacial score (nSPS) is 18.0. The van der Waals surface area contributed by atoms with Gasteiger partial charge >= 0.3 is 27.6 Å². The maximum Gasteiger partial charge on any atom is 0.472 e. The minimum Gasteiger partial charge on any atom is -0.462 e. The first-order valence-corrected chi connectivity index (χ1v) is 26.4. The number of hydrogen-bond acceptors (Lipinski definition) is 11. The molecule has 16 heteroatoms. The number of ether oxygens (including phenoxy) is 3. The standard InChI is InChI=1S/C50H78O14P2/c1-3-5-7-8-9-10-11-12-13-14-15-16-17-18-22-25-28-31-35-39-49(52)59-43-46(44-62-66(57,58)61-42-45(51)41-60-65(54,55)56)63-50(53)40-36-32-29-26-23-20-19-21-24-27-30-34-38-48-47(64-48)37-33-6-4-2/h5-7,9-10,12-13,15-16,18,20-24,29-30,32-34,45-48,51H,3-4,8,11,14,17,19,25-28,31,35-44H2,1-2H3,(H,57,58)(H2,54,55,56)/b7-5-,10-9-,13-12-,16-15-,22-18-,23-20-,24-21-,32-29-,33-6-,34-30-/t45-,46+,47?,48?/m0/s1. The highest BCUT2D eigenvalue weighted by molar-refractivity contribution is 7.47. The summed E-state index contributed by atoms with van der Waals surface area (Å²) < 4.78 is 53.4. The van der Waals surface area contributed by atoms with Gasteiger partial charge in [-0.1, -0.05) is 142 Å². The van der Waals surface area contributed by atoms with E-state index in [9.17, 15) is 28.7 Å². The second kappa shape index (κ2) is 40.5. The van der Waals surface area contributed by atoms with E-state index in [4.69, 9.17) is 28.5 Å². The number of carbonyl (C=O) groups is 2. The number of unbranched alkanes of at least 4 members (excludes halogenated alkanes) is 3. The molecule has 66 heavy (non-hydrogen) atoms. The highest BCUT2D eigenvalue weighted by atomic mass is 31.2. The van der Waals surface area contributed by atoms with E-state index >= 15 is 0 Å². The summed E-state index contributed by atoms with van der Waals surface area (Å²) in [6.07, 6.45) is 53.8. The molecular formula is C50H78O14P2. The molecule has 5 atom stereocenters. The Kier molecular flexibility index (Phi) is 37.2. The van der Waals surface area contributed by atoms with Crippen molar-refractivity contribution in [2.45, 2.75) is 154 Å². The Morgan fingerprint density at radius 2 is 0.955 bits per heavy atom. The molecule has 4 N–H and O–H groups in total. The Bertz CT molecular complexity index is 1690. The van der Waals surface area contributed by atoms with Crippen molar-refractivity contribution in [1.82, 2.24) is 0 Å². The lowest BCUT2D eigenvalue weighted by Crippen LogP contribution is -2.29. The molecule has 0 aromatic carbocycles. The maximum atomic E-state index is 12.7. The number of aliphatic hydroxyl groups is 1. The van der Waals surface area contributed by atoms with E-state index in [-0.39, 0.29) is 12.8 Å². The summed E-state index contributed by atoms with van der Waals surface area (Å²) in [5, 5.41) is 9.76. The molecule has 1 aliphatic rings. The zero-order valence-corrected chi connectivity index (χ0v) is 41.0. The first-order chi connectivity index (χ1) is 31.8. The van der Waals surface area contributed by atoms with Gasteiger partial charge in [0.15, 0.2) is 6.10 Å². The third-order valence-electron chi connectivity index (χ3n) is 9.25. The quantitative estimate of drug-likeness (QED) is 0.0148. The van der Waals surface area contributed by atoms with Crippen LogP contribution in [0.25, 0.3) is 0 Å². The third kappa shape index (κ3) is 40.7. The van der Waals surface area contributed by atoms with Crippen LogP contribution in [0.5, 0.6) is 0 Å². The van der Waals surface area contributed by atoms with Gasteiger partial charge < -0.3 is 34.0 Å². The van der Waals surface area contributed by atoms with Crippen molar-refractivity contribution in [3.05, 3.63) is 122 Å². The number of hydrogen-bond donors (Lipinski definition) is 4. The Labute approximate surface area is 394 Å². The van der Waals surface area contributed by atoms with E-state index in [1.807, 2.05) is 18.2 Å². The zero-order chi connectivity index (χ0) is 48.4. The van der Waals surface area contributed by atoms with E-state index in [0.29, 0.717) is 31.5 Å². The second-order valence-corrected chi connectivity index (χ2v) is 18.0. The molecule has 3 unspecified atom stereocenters. The fourth-order valence-electron chi connectivity index (χ4n) is 5.68. The van der Waals surface area contributed by atoms with E-state index in [1.54, 1.807) is 0 Å². The SMILES string of the molecule is CC/C=C\C/C=C\C/C=C\C/C=C\C/C=C\CCCCCC(=O)OC[C@H](COP(=O)(O)OC[C@@H](O)COP(=O)(O)O)OC(=O)CC/C=C\C/C=C\C/C=C\C/C=C\CC1OC1C/C=C\CC. The van der Waals surface area contributed by atoms with Crippen LogP contribution in [-0.2, 0) is 46.5 Å². The van der Waals surface area contributed by atoms with Crippen LogP contribution in [0.2, 0.25) is 0 Å². The lowest BCUT2D eigenvalue weighted by atomic mass is 10.1. The molecule has 0 spiro atoms. The van der Waals surface area contributed by atoms with Gasteiger partial charge in [-0.2, -0.15) is 0 Å². The van der Waals surface area contributed by atoms with Crippen molar-refractivity contribution in [1.29, 1.82) is 0 Å². The monoisotopic (exact) mass is 964 g/mol. The van der Waals surface area contributed by atoms with E-state index in [1.165, 1.54) is 0 Å². The van der Waals surface area contributed by atoms with Gasteiger partial charge in [0.05, 0.1) is 32.0 Å². The molecule has 0 aliphatic carbocycles. The maximum absolute atomic E-state index is 12.7. The molecular weight excluding hydrogens is 886 g/mol. The number of allylic oxidation sites excluding steroid dienone is 18. The van der Waals surface area contributed by atoms with Crippen LogP contribution in [0.1, 0.15) is 129 Å². The van der Waals surface area contributed by atoms with E-state index in [2.05, 4.69) is 126 Å². The number of rotatable bonds is 41. The minimum atomic E-state index is -4.88. The Balaban J connectivity index is 2.42. The predicted octanol–water partition coefficient (Wildman–Crippen LogP) is 11.4. The summed E-state index contributed by atoms with van der Waals surface area (Å²) in [7, 11) is -9.74. The molecule has 372 valence electrons. The molecule has 0 bridgehead atoms. The molecule has 0 amide bonds. The van der Waals surface area contributed by atoms with Gasteiger partial charge in [0.25, 0.3) is 0 Å². The summed E-state index contributed by atoms with van der Waals surface area (Å²) in [4.78, 5) is 52.8. The van der Waals surface area contributed by atoms with Gasteiger partial charge in [0.1, 0.15) is 12.7 Å². The average molecular weight is 965 g/mol. The summed E-state index contributed by atoms with van der Waals surface area (Å²) in [6, 6.07) is 0. The molecule has 1 saturated heterocycles. The van der Waals surface area contributed by atoms with Gasteiger partial charge in [-0.15, -0.1) is 0 Å². The molecule has 1 fully saturated rings. The van der Waals surface area contributed by atoms with E-state index < -0.39 is 66.2 Å². The molecule has 14 nitrogen and oxygen atoms in total. The molecule has 0 radical (unpaired) electrons. The lowest BCUT2D eigenvalue weighted by molar-refractivity contribution is -0.161. The Morgan fingerprint density at radius 3 is 1.48 bits per heavy atom. The Hall–Kier alpha value is -3.52. The van der Waals surface area contributed by atoms with Gasteiger partial charge in [0.2, 0.25) is 0 Å². The molecule has 0 aromatic rings. The topological polar surface area (TPSA) is 208 Å². The average Bonchev–Trinajstić information content (AvgIpc) is 4.04. The number of aliphatic hydroxyl groups excluding tert-OH is 1. The van der Waals surface area contributed by atoms with Crippen molar-refractivity contribution < 1.29 is 66.3 Å². The first kappa shape index (κ1) is 60.5. The molecule has 0 saturated carbocycles. The highest BCUT2D eigenvalue weighted by Crippen LogP contribution is 2.44. The molecule has 1 aliphatic heterocycles. The summed E-state index contributed by atoms with van der Waals surface area (Å²) >= 11 is 0. The van der Waals surface area contributed by atoms with Crippen LogP contribution in [0.15, 0.2) is 122 Å². The van der Waals surface area contributed by atoms with Crippen LogP contribution < -0.4 is 0 Å². The van der Waals surface area contributed by atoms with Crippen LogP contribution in [-0.4, -0.2) is 82.6 Å². The largest absolute Gasteiger partial charge is 0.472 e. The Morgan fingerprint density at radius 1 is 0.515 bits per heavy atom. The number of epoxide rings is 1. The molecule has 0 aromatic heterocycles. The molecule has 1 rings (SSSR count). The number of esters is 2. The van der Waals surface area contributed by atoms with Crippen LogP contribution >= 0.6 is 15.6 Å². The summed E-state index contributed by atoms with van der Waals surface area (Å²) in [5.41, 5.74) is 0. The van der Waals surface area contributed by atoms with Crippen molar-refractivity contribution in [3.63, 3.8) is 0 Å². The smallest absolute Gasteiger partial charge is 0.462 e. The summed E-state index contributed by atoms with van der Waals surface area (Å²) in [5.74, 6) is -1.18. The summed E-state index contributed by atoms with van der Waals surface area (Å²) in [6.45, 7) is 1.38. The number of phosphoric acid groups is 2. The number of carbonyl (C=O) groups excluding carboxylic acids is 2. The van der Waals surface area contributed by atoms with Crippen molar-refractivity contribution in [3.8, 4) is 0 Å². The lowest BCUT2D eigenvalue weighted by Gasteiger charge is -2.20. The van der Waals surface area contributed by atoms with Crippen LogP contribution in [0, 0.1) is 0 Å². The highest BCUT2D eigenvalue weighted by Gasteiger charge is 2.36. The third-order valence-corrected chi connectivity index (χ3v) is 10.7.